The summed E-state index contributed by atoms with van der Waals surface area (Å²) < 4.78 is 67.9. The van der Waals surface area contributed by atoms with E-state index in [1.165, 1.54) is 103 Å². The third-order valence-electron chi connectivity index (χ3n) is 14.7. The number of esters is 4. The van der Waals surface area contributed by atoms with Crippen LogP contribution in [0, 0.1) is 5.92 Å². The second-order valence-electron chi connectivity index (χ2n) is 23.6. The number of hydrogen-bond donors (Lipinski definition) is 3. The van der Waals surface area contributed by atoms with Crippen LogP contribution in [-0.2, 0) is 65.4 Å². The third-order valence-corrected chi connectivity index (χ3v) is 16.6. The predicted octanol–water partition coefficient (Wildman–Crippen LogP) is 18.1. The molecule has 17 nitrogen and oxygen atoms in total. The number of ether oxygens (including phenoxy) is 4. The standard InChI is InChI=1S/C66H124O17P2/c1-6-9-12-15-18-20-21-22-23-24-29-32-37-42-47-52-66(71)83-62(56-77-64(69)50-45-40-36-31-28-26-25-27-30-34-38-43-48-59(4)5)58-81-85(74,75)79-54-60(67)53-78-84(72,73)80-57-61(55-76-63(68)49-44-39-33-17-14-11-8-3)82-65(70)51-46-41-35-19-16-13-10-7-2/h20-23,59-62,67H,6-19,24-58H2,1-5H3,(H,72,73)(H,74,75)/b21-20-,23-22-/t60-,61+,62+/m0/s1. The lowest BCUT2D eigenvalue weighted by Gasteiger charge is -2.21. The van der Waals surface area contributed by atoms with E-state index >= 15 is 0 Å². The number of aliphatic hydroxyl groups excluding tert-OH is 1. The van der Waals surface area contributed by atoms with Gasteiger partial charge >= 0.3 is 39.5 Å². The Morgan fingerprint density at radius 1 is 0.365 bits per heavy atom. The number of aliphatic hydroxyl groups is 1. The Kier molecular flexibility index (Phi) is 57.5. The smallest absolute Gasteiger partial charge is 0.462 e. The lowest BCUT2D eigenvalue weighted by Crippen LogP contribution is -2.30. The topological polar surface area (TPSA) is 237 Å². The van der Waals surface area contributed by atoms with E-state index in [4.69, 9.17) is 37.0 Å². The Labute approximate surface area is 516 Å². The molecule has 0 aliphatic rings. The Morgan fingerprint density at radius 3 is 0.965 bits per heavy atom. The first kappa shape index (κ1) is 82.5. The summed E-state index contributed by atoms with van der Waals surface area (Å²) in [6, 6.07) is 0. The Hall–Kier alpha value is -2.46. The van der Waals surface area contributed by atoms with E-state index in [0.29, 0.717) is 25.7 Å². The summed E-state index contributed by atoms with van der Waals surface area (Å²) in [4.78, 5) is 72.1. The zero-order chi connectivity index (χ0) is 62.8. The van der Waals surface area contributed by atoms with Gasteiger partial charge < -0.3 is 33.8 Å². The van der Waals surface area contributed by atoms with Crippen LogP contribution in [0.2, 0.25) is 0 Å². The molecule has 0 aromatic heterocycles. The average Bonchev–Trinajstić information content (AvgIpc) is 3.52. The summed E-state index contributed by atoms with van der Waals surface area (Å²) in [5.41, 5.74) is 0. The first-order valence-corrected chi connectivity index (χ1v) is 36.9. The second kappa shape index (κ2) is 59.2. The van der Waals surface area contributed by atoms with Crippen LogP contribution in [0.15, 0.2) is 24.3 Å². The Balaban J connectivity index is 5.23. The van der Waals surface area contributed by atoms with E-state index in [-0.39, 0.29) is 25.7 Å². The highest BCUT2D eigenvalue weighted by Crippen LogP contribution is 2.45. The normalized spacial score (nSPS) is 14.4. The fraction of sp³-hybridized carbons (Fsp3) is 0.879. The maximum absolute atomic E-state index is 13.0. The van der Waals surface area contributed by atoms with E-state index in [1.54, 1.807) is 0 Å². The first-order valence-electron chi connectivity index (χ1n) is 34.0. The molecule has 85 heavy (non-hydrogen) atoms. The van der Waals surface area contributed by atoms with Gasteiger partial charge in [-0.25, -0.2) is 9.13 Å². The maximum Gasteiger partial charge on any atom is 0.472 e. The van der Waals surface area contributed by atoms with Crippen LogP contribution in [-0.4, -0.2) is 96.7 Å². The van der Waals surface area contributed by atoms with Crippen molar-refractivity contribution < 1.29 is 80.2 Å². The monoisotopic (exact) mass is 1250 g/mol. The summed E-state index contributed by atoms with van der Waals surface area (Å²) in [6.07, 6.45) is 46.8. The van der Waals surface area contributed by atoms with Crippen molar-refractivity contribution in [3.8, 4) is 0 Å². The molecule has 500 valence electrons. The second-order valence-corrected chi connectivity index (χ2v) is 26.6. The van der Waals surface area contributed by atoms with Gasteiger partial charge in [0.05, 0.1) is 26.4 Å². The molecule has 0 aromatic rings. The predicted molar refractivity (Wildman–Crippen MR) is 340 cm³/mol. The van der Waals surface area contributed by atoms with Gasteiger partial charge in [0, 0.05) is 25.7 Å². The van der Waals surface area contributed by atoms with E-state index < -0.39 is 97.5 Å². The van der Waals surface area contributed by atoms with E-state index in [0.717, 1.165) is 128 Å². The molecule has 0 bridgehead atoms. The van der Waals surface area contributed by atoms with Crippen LogP contribution in [0.3, 0.4) is 0 Å². The molecule has 0 fully saturated rings. The zero-order valence-corrected chi connectivity index (χ0v) is 56.0. The first-order chi connectivity index (χ1) is 41.0. The number of rotatable bonds is 64. The molecule has 0 aromatic carbocycles. The van der Waals surface area contributed by atoms with Crippen molar-refractivity contribution in [2.75, 3.05) is 39.6 Å². The molecule has 0 radical (unpaired) electrons. The van der Waals surface area contributed by atoms with Crippen LogP contribution in [0.1, 0.15) is 311 Å². The number of unbranched alkanes of at least 4 members (excludes halogenated alkanes) is 33. The molecule has 0 rings (SSSR count). The van der Waals surface area contributed by atoms with Crippen molar-refractivity contribution >= 4 is 39.5 Å². The molecule has 0 spiro atoms. The van der Waals surface area contributed by atoms with E-state index in [9.17, 15) is 43.2 Å². The van der Waals surface area contributed by atoms with Crippen LogP contribution in [0.5, 0.6) is 0 Å². The van der Waals surface area contributed by atoms with Gasteiger partial charge in [-0.15, -0.1) is 0 Å². The molecule has 5 atom stereocenters. The molecular formula is C66H124O17P2. The van der Waals surface area contributed by atoms with Gasteiger partial charge in [0.2, 0.25) is 0 Å². The van der Waals surface area contributed by atoms with Gasteiger partial charge in [0.25, 0.3) is 0 Å². The van der Waals surface area contributed by atoms with E-state index in [2.05, 4.69) is 58.9 Å². The Bertz CT molecular complexity index is 1740. The SMILES string of the molecule is CCCCCC/C=C\C=C/CCCCCCCC(=O)O[C@H](COC(=O)CCCCCCCCCCCCCCC(C)C)COP(=O)(O)OC[C@@H](O)COP(=O)(O)OC[C@@H](COC(=O)CCCCCCCCC)OC(=O)CCCCCCCCCC. The fourth-order valence-electron chi connectivity index (χ4n) is 9.40. The van der Waals surface area contributed by atoms with Gasteiger partial charge in [-0.1, -0.05) is 258 Å². The molecule has 0 aliphatic carbocycles. The average molecular weight is 1250 g/mol. The fourth-order valence-corrected chi connectivity index (χ4v) is 11.0. The van der Waals surface area contributed by atoms with Crippen molar-refractivity contribution in [3.05, 3.63) is 24.3 Å². The molecule has 2 unspecified atom stereocenters. The molecule has 0 amide bonds. The van der Waals surface area contributed by atoms with Crippen molar-refractivity contribution in [3.63, 3.8) is 0 Å². The highest BCUT2D eigenvalue weighted by atomic mass is 31.2. The third kappa shape index (κ3) is 60.2. The maximum atomic E-state index is 13.0. The zero-order valence-electron chi connectivity index (χ0n) is 54.2. The molecule has 0 heterocycles. The number of allylic oxidation sites excluding steroid dienone is 4. The van der Waals surface area contributed by atoms with Crippen molar-refractivity contribution in [1.29, 1.82) is 0 Å². The van der Waals surface area contributed by atoms with Crippen molar-refractivity contribution in [2.45, 2.75) is 329 Å². The minimum Gasteiger partial charge on any atom is -0.462 e. The van der Waals surface area contributed by atoms with Crippen LogP contribution in [0.25, 0.3) is 0 Å². The minimum absolute atomic E-state index is 0.0850. The van der Waals surface area contributed by atoms with Gasteiger partial charge in [-0.2, -0.15) is 0 Å². The molecule has 0 saturated carbocycles. The number of phosphoric ester groups is 2. The molecule has 3 N–H and O–H groups in total. The van der Waals surface area contributed by atoms with Gasteiger partial charge in [0.15, 0.2) is 12.2 Å². The van der Waals surface area contributed by atoms with Crippen molar-refractivity contribution in [1.82, 2.24) is 0 Å². The Morgan fingerprint density at radius 2 is 0.635 bits per heavy atom. The highest BCUT2D eigenvalue weighted by molar-refractivity contribution is 7.47. The van der Waals surface area contributed by atoms with Crippen LogP contribution in [0.4, 0.5) is 0 Å². The minimum atomic E-state index is -4.95. The van der Waals surface area contributed by atoms with Gasteiger partial charge in [-0.05, 0) is 57.3 Å². The number of carbonyl (C=O) groups is 4. The number of hydrogen-bond acceptors (Lipinski definition) is 15. The molecule has 0 aliphatic heterocycles. The molecule has 0 saturated heterocycles. The molecule has 19 heteroatoms. The highest BCUT2D eigenvalue weighted by Gasteiger charge is 2.30. The van der Waals surface area contributed by atoms with Gasteiger partial charge in [0.1, 0.15) is 19.3 Å². The number of phosphoric acid groups is 2. The summed E-state index contributed by atoms with van der Waals surface area (Å²) >= 11 is 0. The quantitative estimate of drug-likeness (QED) is 0.0169. The largest absolute Gasteiger partial charge is 0.472 e. The van der Waals surface area contributed by atoms with Gasteiger partial charge in [-0.3, -0.25) is 37.3 Å². The van der Waals surface area contributed by atoms with E-state index in [1.807, 2.05) is 0 Å². The molecular weight excluding hydrogens is 1130 g/mol. The number of carbonyl (C=O) groups excluding carboxylic acids is 4. The lowest BCUT2D eigenvalue weighted by atomic mass is 10.0. The summed E-state index contributed by atoms with van der Waals surface area (Å²) in [5.74, 6) is -1.39. The van der Waals surface area contributed by atoms with Crippen LogP contribution >= 0.6 is 15.6 Å². The van der Waals surface area contributed by atoms with Crippen molar-refractivity contribution in [2.24, 2.45) is 5.92 Å². The van der Waals surface area contributed by atoms with Crippen LogP contribution < -0.4 is 0 Å². The lowest BCUT2D eigenvalue weighted by molar-refractivity contribution is -0.161. The summed E-state index contributed by atoms with van der Waals surface area (Å²) in [6.45, 7) is 7.09. The summed E-state index contributed by atoms with van der Waals surface area (Å²) in [7, 11) is -9.89. The summed E-state index contributed by atoms with van der Waals surface area (Å²) in [5, 5.41) is 10.5.